The molecule has 0 atom stereocenters. The van der Waals surface area contributed by atoms with Crippen molar-refractivity contribution in [2.75, 3.05) is 13.1 Å². The molecule has 0 bridgehead atoms. The zero-order chi connectivity index (χ0) is 19.6. The number of carbonyl (C=O) groups is 1. The fourth-order valence-corrected chi connectivity index (χ4v) is 5.13. The Morgan fingerprint density at radius 2 is 1.96 bits per heavy atom. The number of amides is 1. The number of halogens is 1. The highest BCUT2D eigenvalue weighted by Crippen LogP contribution is 2.28. The molecule has 146 valence electrons. The van der Waals surface area contributed by atoms with E-state index in [0.717, 1.165) is 24.8 Å². The molecule has 1 saturated heterocycles. The predicted octanol–water partition coefficient (Wildman–Crippen LogP) is 3.05. The molecule has 27 heavy (non-hydrogen) atoms. The van der Waals surface area contributed by atoms with Gasteiger partial charge in [-0.25, -0.2) is 8.42 Å². The molecule has 2 heterocycles. The minimum absolute atomic E-state index is 0.0314. The summed E-state index contributed by atoms with van der Waals surface area (Å²) < 4.78 is 32.3. The Morgan fingerprint density at radius 3 is 2.59 bits per heavy atom. The SMILES string of the molecule is Cc1noc(C)c1CNC(=O)c1ccc(Cl)c(S(=O)(=O)N2CCCCC2)c1. The van der Waals surface area contributed by atoms with Crippen molar-refractivity contribution in [1.82, 2.24) is 14.8 Å². The molecule has 9 heteroatoms. The number of nitrogens with zero attached hydrogens (tertiary/aromatic N) is 2. The van der Waals surface area contributed by atoms with Crippen LogP contribution in [0.4, 0.5) is 0 Å². The van der Waals surface area contributed by atoms with Crippen LogP contribution in [0.15, 0.2) is 27.6 Å². The van der Waals surface area contributed by atoms with E-state index in [4.69, 9.17) is 16.1 Å². The lowest BCUT2D eigenvalue weighted by Crippen LogP contribution is -2.36. The molecule has 1 aliphatic rings. The first kappa shape index (κ1) is 19.9. The van der Waals surface area contributed by atoms with E-state index >= 15 is 0 Å². The van der Waals surface area contributed by atoms with Crippen molar-refractivity contribution < 1.29 is 17.7 Å². The van der Waals surface area contributed by atoms with Crippen LogP contribution in [0.25, 0.3) is 0 Å². The molecule has 0 aliphatic carbocycles. The Kier molecular flexibility index (Phi) is 5.88. The maximum atomic E-state index is 12.9. The predicted molar refractivity (Wildman–Crippen MR) is 101 cm³/mol. The van der Waals surface area contributed by atoms with Crippen molar-refractivity contribution in [1.29, 1.82) is 0 Å². The number of benzene rings is 1. The molecular formula is C18H22ClN3O4S. The van der Waals surface area contributed by atoms with Gasteiger partial charge in [0.2, 0.25) is 10.0 Å². The number of aromatic nitrogens is 1. The van der Waals surface area contributed by atoms with Crippen LogP contribution in [0.2, 0.25) is 5.02 Å². The van der Waals surface area contributed by atoms with Gasteiger partial charge in [-0.05, 0) is 44.9 Å². The second-order valence-electron chi connectivity index (χ2n) is 6.60. The van der Waals surface area contributed by atoms with Gasteiger partial charge in [-0.2, -0.15) is 4.31 Å². The molecule has 1 N–H and O–H groups in total. The Bertz CT molecular complexity index is 930. The van der Waals surface area contributed by atoms with E-state index in [1.807, 2.05) is 0 Å². The fraction of sp³-hybridized carbons (Fsp3) is 0.444. The van der Waals surface area contributed by atoms with Crippen molar-refractivity contribution in [3.63, 3.8) is 0 Å². The molecule has 1 aromatic carbocycles. The lowest BCUT2D eigenvalue weighted by atomic mass is 10.2. The highest BCUT2D eigenvalue weighted by Gasteiger charge is 2.28. The zero-order valence-corrected chi connectivity index (χ0v) is 16.9. The quantitative estimate of drug-likeness (QED) is 0.816. The van der Waals surface area contributed by atoms with E-state index in [0.29, 0.717) is 24.5 Å². The molecule has 0 radical (unpaired) electrons. The molecule has 2 aromatic rings. The third-order valence-electron chi connectivity index (χ3n) is 4.73. The number of sulfonamides is 1. The largest absolute Gasteiger partial charge is 0.361 e. The molecule has 7 nitrogen and oxygen atoms in total. The van der Waals surface area contributed by atoms with Crippen LogP contribution in [0.3, 0.4) is 0 Å². The number of aryl methyl sites for hydroxylation is 2. The summed E-state index contributed by atoms with van der Waals surface area (Å²) >= 11 is 6.15. The van der Waals surface area contributed by atoms with Gasteiger partial charge in [-0.15, -0.1) is 0 Å². The van der Waals surface area contributed by atoms with Crippen LogP contribution < -0.4 is 5.32 Å². The normalized spacial score (nSPS) is 15.7. The molecule has 1 fully saturated rings. The third-order valence-corrected chi connectivity index (χ3v) is 7.11. The van der Waals surface area contributed by atoms with E-state index in [1.165, 1.54) is 22.5 Å². The van der Waals surface area contributed by atoms with Crippen LogP contribution in [0.1, 0.15) is 46.6 Å². The van der Waals surface area contributed by atoms with Gasteiger partial charge in [0.15, 0.2) is 0 Å². The minimum Gasteiger partial charge on any atom is -0.361 e. The van der Waals surface area contributed by atoms with Crippen molar-refractivity contribution in [3.8, 4) is 0 Å². The molecule has 1 aromatic heterocycles. The van der Waals surface area contributed by atoms with Gasteiger partial charge < -0.3 is 9.84 Å². The second kappa shape index (κ2) is 8.00. The Morgan fingerprint density at radius 1 is 1.26 bits per heavy atom. The fourth-order valence-electron chi connectivity index (χ4n) is 3.11. The highest BCUT2D eigenvalue weighted by atomic mass is 35.5. The highest BCUT2D eigenvalue weighted by molar-refractivity contribution is 7.89. The average molecular weight is 412 g/mol. The summed E-state index contributed by atoms with van der Waals surface area (Å²) in [5.41, 5.74) is 1.75. The van der Waals surface area contributed by atoms with Crippen molar-refractivity contribution >= 4 is 27.5 Å². The standard InChI is InChI=1S/C18H22ClN3O4S/c1-12-15(13(2)26-21-12)11-20-18(23)14-6-7-16(19)17(10-14)27(24,25)22-8-4-3-5-9-22/h6-7,10H,3-5,8-9,11H2,1-2H3,(H,20,23). The molecule has 3 rings (SSSR count). The Balaban J connectivity index is 1.81. The van der Waals surface area contributed by atoms with Gasteiger partial charge in [-0.3, -0.25) is 4.79 Å². The van der Waals surface area contributed by atoms with Crippen molar-refractivity contribution in [2.45, 2.75) is 44.6 Å². The molecule has 0 spiro atoms. The summed E-state index contributed by atoms with van der Waals surface area (Å²) in [4.78, 5) is 12.5. The lowest BCUT2D eigenvalue weighted by molar-refractivity contribution is 0.0950. The zero-order valence-electron chi connectivity index (χ0n) is 15.3. The van der Waals surface area contributed by atoms with E-state index in [-0.39, 0.29) is 27.9 Å². The molecule has 0 unspecified atom stereocenters. The number of rotatable bonds is 5. The topological polar surface area (TPSA) is 92.5 Å². The van der Waals surface area contributed by atoms with Gasteiger partial charge in [-0.1, -0.05) is 23.2 Å². The summed E-state index contributed by atoms with van der Waals surface area (Å²) in [7, 11) is -3.72. The third kappa shape index (κ3) is 4.17. The summed E-state index contributed by atoms with van der Waals surface area (Å²) in [6.45, 7) is 4.76. The summed E-state index contributed by atoms with van der Waals surface area (Å²) in [5, 5.41) is 6.73. The number of hydrogen-bond acceptors (Lipinski definition) is 5. The van der Waals surface area contributed by atoms with Crippen molar-refractivity contribution in [2.24, 2.45) is 0 Å². The molecular weight excluding hydrogens is 390 g/mol. The molecule has 1 aliphatic heterocycles. The first-order chi connectivity index (χ1) is 12.8. The van der Waals surface area contributed by atoms with Crippen molar-refractivity contribution in [3.05, 3.63) is 45.8 Å². The summed E-state index contributed by atoms with van der Waals surface area (Å²) in [5.74, 6) is 0.249. The second-order valence-corrected chi connectivity index (χ2v) is 8.91. The van der Waals surface area contributed by atoms with Crippen LogP contribution in [-0.4, -0.2) is 36.9 Å². The average Bonchev–Trinajstić information content (AvgIpc) is 2.98. The van der Waals surface area contributed by atoms with Crippen LogP contribution in [0, 0.1) is 13.8 Å². The van der Waals surface area contributed by atoms with Gasteiger partial charge in [0.05, 0.1) is 10.7 Å². The first-order valence-corrected chi connectivity index (χ1v) is 10.6. The van der Waals surface area contributed by atoms with Crippen LogP contribution in [0.5, 0.6) is 0 Å². The Labute approximate surface area is 163 Å². The number of piperidine rings is 1. The van der Waals surface area contributed by atoms with E-state index in [2.05, 4.69) is 10.5 Å². The van der Waals surface area contributed by atoms with Gasteiger partial charge in [0, 0.05) is 30.8 Å². The first-order valence-electron chi connectivity index (χ1n) is 8.80. The summed E-state index contributed by atoms with van der Waals surface area (Å²) in [6.07, 6.45) is 2.67. The number of hydrogen-bond donors (Lipinski definition) is 1. The number of nitrogens with one attached hydrogen (secondary N) is 1. The van der Waals surface area contributed by atoms with Crippen LogP contribution in [-0.2, 0) is 16.6 Å². The maximum absolute atomic E-state index is 12.9. The van der Waals surface area contributed by atoms with Gasteiger partial charge >= 0.3 is 0 Å². The van der Waals surface area contributed by atoms with Gasteiger partial charge in [0.25, 0.3) is 5.91 Å². The minimum atomic E-state index is -3.72. The van der Waals surface area contributed by atoms with E-state index < -0.39 is 10.0 Å². The maximum Gasteiger partial charge on any atom is 0.251 e. The number of carbonyl (C=O) groups excluding carboxylic acids is 1. The lowest BCUT2D eigenvalue weighted by Gasteiger charge is -2.26. The van der Waals surface area contributed by atoms with E-state index in [9.17, 15) is 13.2 Å². The molecule has 1 amide bonds. The van der Waals surface area contributed by atoms with Gasteiger partial charge in [0.1, 0.15) is 10.7 Å². The Hall–Kier alpha value is -1.90. The smallest absolute Gasteiger partial charge is 0.251 e. The molecule has 0 saturated carbocycles. The van der Waals surface area contributed by atoms with E-state index in [1.54, 1.807) is 13.8 Å². The monoisotopic (exact) mass is 411 g/mol. The van der Waals surface area contributed by atoms with Crippen LogP contribution >= 0.6 is 11.6 Å². The summed E-state index contributed by atoms with van der Waals surface area (Å²) in [6, 6.07) is 4.30.